The fourth-order valence-electron chi connectivity index (χ4n) is 1.12. The molecule has 0 aliphatic carbocycles. The van der Waals surface area contributed by atoms with Gasteiger partial charge in [0.25, 0.3) is 0 Å². The van der Waals surface area contributed by atoms with Crippen molar-refractivity contribution in [2.24, 2.45) is 0 Å². The molecule has 0 saturated carbocycles. The van der Waals surface area contributed by atoms with Crippen LogP contribution < -0.4 is 0 Å². The molecule has 0 radical (unpaired) electrons. The summed E-state index contributed by atoms with van der Waals surface area (Å²) in [6.45, 7) is 3.94. The molecule has 0 atom stereocenters. The summed E-state index contributed by atoms with van der Waals surface area (Å²) in [6.07, 6.45) is 0.870. The lowest BCUT2D eigenvalue weighted by Gasteiger charge is -1.89. The number of rotatable bonds is 4. The Morgan fingerprint density at radius 2 is 2.40 bits per heavy atom. The summed E-state index contributed by atoms with van der Waals surface area (Å²) >= 11 is 1.54. The van der Waals surface area contributed by atoms with Crippen molar-refractivity contribution in [3.63, 3.8) is 0 Å². The lowest BCUT2D eigenvalue weighted by molar-refractivity contribution is 0.391. The molecule has 6 heteroatoms. The van der Waals surface area contributed by atoms with E-state index in [1.54, 1.807) is 0 Å². The van der Waals surface area contributed by atoms with Gasteiger partial charge in [0.15, 0.2) is 0 Å². The largest absolute Gasteiger partial charge is 0.360 e. The van der Waals surface area contributed by atoms with Gasteiger partial charge in [-0.3, -0.25) is 5.10 Å². The number of hydrogen-bond acceptors (Lipinski definition) is 5. The van der Waals surface area contributed by atoms with Crippen LogP contribution in [0.5, 0.6) is 0 Å². The SMILES string of the molecule is CCc1nc(SCc2cc(C)no2)n[nH]1. The molecule has 2 rings (SSSR count). The van der Waals surface area contributed by atoms with E-state index < -0.39 is 0 Å². The third-order valence-corrected chi connectivity index (χ3v) is 2.74. The summed E-state index contributed by atoms with van der Waals surface area (Å²) in [5.74, 6) is 2.47. The first-order chi connectivity index (χ1) is 7.28. The van der Waals surface area contributed by atoms with E-state index in [0.29, 0.717) is 5.75 Å². The van der Waals surface area contributed by atoms with Gasteiger partial charge in [0, 0.05) is 12.5 Å². The molecular weight excluding hydrogens is 212 g/mol. The smallest absolute Gasteiger partial charge is 0.208 e. The maximum Gasteiger partial charge on any atom is 0.208 e. The molecule has 0 bridgehead atoms. The second-order valence-corrected chi connectivity index (χ2v) is 4.08. The van der Waals surface area contributed by atoms with Crippen LogP contribution in [0.1, 0.15) is 24.2 Å². The van der Waals surface area contributed by atoms with Crippen LogP contribution >= 0.6 is 11.8 Å². The zero-order valence-electron chi connectivity index (χ0n) is 8.65. The fourth-order valence-corrected chi connectivity index (χ4v) is 1.81. The van der Waals surface area contributed by atoms with Crippen molar-refractivity contribution < 1.29 is 4.52 Å². The molecule has 5 nitrogen and oxygen atoms in total. The first kappa shape index (κ1) is 10.2. The molecule has 0 amide bonds. The molecule has 0 aliphatic rings. The molecule has 0 saturated heterocycles. The first-order valence-electron chi connectivity index (χ1n) is 4.74. The van der Waals surface area contributed by atoms with Gasteiger partial charge in [-0.1, -0.05) is 23.8 Å². The predicted octanol–water partition coefficient (Wildman–Crippen LogP) is 1.96. The van der Waals surface area contributed by atoms with Crippen molar-refractivity contribution in [2.45, 2.75) is 31.2 Å². The topological polar surface area (TPSA) is 67.6 Å². The van der Waals surface area contributed by atoms with E-state index in [4.69, 9.17) is 4.52 Å². The van der Waals surface area contributed by atoms with Gasteiger partial charge in [-0.2, -0.15) is 0 Å². The summed E-state index contributed by atoms with van der Waals surface area (Å²) in [6, 6.07) is 1.92. The number of aryl methyl sites for hydroxylation is 2. The molecule has 2 aromatic heterocycles. The van der Waals surface area contributed by atoms with Crippen LogP contribution in [-0.2, 0) is 12.2 Å². The van der Waals surface area contributed by atoms with Gasteiger partial charge in [0.05, 0.1) is 11.4 Å². The quantitative estimate of drug-likeness (QED) is 0.804. The average Bonchev–Trinajstić information content (AvgIpc) is 2.83. The number of H-pyrrole nitrogens is 1. The highest BCUT2D eigenvalue weighted by molar-refractivity contribution is 7.98. The fraction of sp³-hybridized carbons (Fsp3) is 0.444. The number of nitrogens with zero attached hydrogens (tertiary/aromatic N) is 3. The molecule has 0 unspecified atom stereocenters. The summed E-state index contributed by atoms with van der Waals surface area (Å²) in [7, 11) is 0. The Morgan fingerprint density at radius 3 is 3.00 bits per heavy atom. The van der Waals surface area contributed by atoms with Gasteiger partial charge in [-0.05, 0) is 6.92 Å². The van der Waals surface area contributed by atoms with Crippen LogP contribution in [0.2, 0.25) is 0 Å². The Labute approximate surface area is 91.7 Å². The molecule has 2 aromatic rings. The van der Waals surface area contributed by atoms with Gasteiger partial charge in [0.1, 0.15) is 11.6 Å². The maximum absolute atomic E-state index is 5.08. The highest BCUT2D eigenvalue weighted by Gasteiger charge is 2.05. The first-order valence-corrected chi connectivity index (χ1v) is 5.72. The van der Waals surface area contributed by atoms with E-state index in [0.717, 1.165) is 28.9 Å². The number of aromatic amines is 1. The second-order valence-electron chi connectivity index (χ2n) is 3.14. The molecule has 2 heterocycles. The number of nitrogens with one attached hydrogen (secondary N) is 1. The van der Waals surface area contributed by atoms with Crippen LogP contribution in [0.3, 0.4) is 0 Å². The monoisotopic (exact) mass is 224 g/mol. The van der Waals surface area contributed by atoms with Gasteiger partial charge in [0.2, 0.25) is 5.16 Å². The Hall–Kier alpha value is -1.30. The molecule has 0 aromatic carbocycles. The van der Waals surface area contributed by atoms with Gasteiger partial charge in [-0.25, -0.2) is 4.98 Å². The van der Waals surface area contributed by atoms with Crippen molar-refractivity contribution >= 4 is 11.8 Å². The lowest BCUT2D eigenvalue weighted by atomic mass is 10.4. The number of aromatic nitrogens is 4. The third-order valence-electron chi connectivity index (χ3n) is 1.87. The van der Waals surface area contributed by atoms with Crippen LogP contribution in [0, 0.1) is 6.92 Å². The van der Waals surface area contributed by atoms with E-state index in [2.05, 4.69) is 20.3 Å². The Bertz CT molecular complexity index is 437. The summed E-state index contributed by atoms with van der Waals surface area (Å²) in [5, 5.41) is 11.5. The van der Waals surface area contributed by atoms with E-state index >= 15 is 0 Å². The van der Waals surface area contributed by atoms with Crippen molar-refractivity contribution in [3.8, 4) is 0 Å². The molecular formula is C9H12N4OS. The van der Waals surface area contributed by atoms with Gasteiger partial charge < -0.3 is 4.52 Å². The molecule has 0 spiro atoms. The predicted molar refractivity (Wildman–Crippen MR) is 56.6 cm³/mol. The Morgan fingerprint density at radius 1 is 1.53 bits per heavy atom. The number of hydrogen-bond donors (Lipinski definition) is 1. The van der Waals surface area contributed by atoms with E-state index in [-0.39, 0.29) is 0 Å². The molecule has 1 N–H and O–H groups in total. The zero-order valence-corrected chi connectivity index (χ0v) is 9.47. The highest BCUT2D eigenvalue weighted by Crippen LogP contribution is 2.19. The summed E-state index contributed by atoms with van der Waals surface area (Å²) in [5.41, 5.74) is 0.898. The average molecular weight is 224 g/mol. The number of thioether (sulfide) groups is 1. The Balaban J connectivity index is 1.93. The molecule has 15 heavy (non-hydrogen) atoms. The zero-order chi connectivity index (χ0) is 10.7. The molecule has 0 aliphatic heterocycles. The van der Waals surface area contributed by atoms with Crippen LogP contribution in [-0.4, -0.2) is 20.3 Å². The summed E-state index contributed by atoms with van der Waals surface area (Å²) < 4.78 is 5.08. The van der Waals surface area contributed by atoms with Crippen LogP contribution in [0.4, 0.5) is 0 Å². The van der Waals surface area contributed by atoms with Gasteiger partial charge in [-0.15, -0.1) is 5.10 Å². The minimum Gasteiger partial charge on any atom is -0.360 e. The van der Waals surface area contributed by atoms with Crippen molar-refractivity contribution in [3.05, 3.63) is 23.3 Å². The molecule has 80 valence electrons. The van der Waals surface area contributed by atoms with Gasteiger partial charge >= 0.3 is 0 Å². The van der Waals surface area contributed by atoms with Crippen molar-refractivity contribution in [2.75, 3.05) is 0 Å². The van der Waals surface area contributed by atoms with E-state index in [9.17, 15) is 0 Å². The third kappa shape index (κ3) is 2.59. The van der Waals surface area contributed by atoms with Crippen LogP contribution in [0.25, 0.3) is 0 Å². The Kier molecular flexibility index (Phi) is 3.05. The van der Waals surface area contributed by atoms with E-state index in [1.807, 2.05) is 19.9 Å². The standard InChI is InChI=1S/C9H12N4OS/c1-3-8-10-9(12-11-8)15-5-7-4-6(2)13-14-7/h4H,3,5H2,1-2H3,(H,10,11,12). The van der Waals surface area contributed by atoms with E-state index in [1.165, 1.54) is 11.8 Å². The molecule has 0 fully saturated rings. The minimum atomic E-state index is 0.710. The van der Waals surface area contributed by atoms with Crippen LogP contribution in [0.15, 0.2) is 15.7 Å². The maximum atomic E-state index is 5.08. The highest BCUT2D eigenvalue weighted by atomic mass is 32.2. The minimum absolute atomic E-state index is 0.710. The normalized spacial score (nSPS) is 10.8. The van der Waals surface area contributed by atoms with Crippen molar-refractivity contribution in [1.29, 1.82) is 0 Å². The van der Waals surface area contributed by atoms with Crippen molar-refractivity contribution in [1.82, 2.24) is 20.3 Å². The second kappa shape index (κ2) is 4.48. The summed E-state index contributed by atoms with van der Waals surface area (Å²) in [4.78, 5) is 4.28. The lowest BCUT2D eigenvalue weighted by Crippen LogP contribution is -1.81.